The van der Waals surface area contributed by atoms with E-state index in [1.807, 2.05) is 34.7 Å². The van der Waals surface area contributed by atoms with E-state index in [1.165, 1.54) is 11.8 Å². The number of nitrogens with one attached hydrogen (secondary N) is 1. The number of rotatable bonds is 13. The van der Waals surface area contributed by atoms with Crippen LogP contribution in [0.2, 0.25) is 0 Å². The van der Waals surface area contributed by atoms with Gasteiger partial charge in [0.15, 0.2) is 0 Å². The van der Waals surface area contributed by atoms with E-state index in [4.69, 9.17) is 4.74 Å². The standard InChI is InChI=1S/C26H48N2O3S/c1-10-19(3)22(11-2)16-23(25(5,6)18-29)32-20(4)27-24(30)26(7,8)28(9)17-21-12-14-31-15-13-21/h16,19,21-22,29H,4,10-15,17-18H2,1-3,5-9H3,(H,27,30). The third-order valence-electron chi connectivity index (χ3n) is 7.14. The molecule has 32 heavy (non-hydrogen) atoms. The average molecular weight is 469 g/mol. The highest BCUT2D eigenvalue weighted by molar-refractivity contribution is 8.06. The van der Waals surface area contributed by atoms with Gasteiger partial charge in [0.2, 0.25) is 5.91 Å². The van der Waals surface area contributed by atoms with Crippen molar-refractivity contribution in [3.8, 4) is 0 Å². The van der Waals surface area contributed by atoms with Gasteiger partial charge in [-0.05, 0) is 62.8 Å². The minimum absolute atomic E-state index is 0.0450. The van der Waals surface area contributed by atoms with Crippen molar-refractivity contribution in [2.24, 2.45) is 23.2 Å². The monoisotopic (exact) mass is 468 g/mol. The number of aliphatic hydroxyl groups excluding tert-OH is 1. The normalized spacial score (nSPS) is 18.5. The first-order valence-corrected chi connectivity index (χ1v) is 13.0. The molecule has 1 aliphatic rings. The molecule has 0 spiro atoms. The van der Waals surface area contributed by atoms with Gasteiger partial charge in [-0.3, -0.25) is 9.69 Å². The minimum Gasteiger partial charge on any atom is -0.395 e. The Morgan fingerprint density at radius 2 is 1.84 bits per heavy atom. The van der Waals surface area contributed by atoms with Crippen molar-refractivity contribution in [3.05, 3.63) is 22.6 Å². The van der Waals surface area contributed by atoms with Gasteiger partial charge < -0.3 is 15.2 Å². The van der Waals surface area contributed by atoms with Crippen molar-refractivity contribution in [3.63, 3.8) is 0 Å². The number of carbonyl (C=O) groups is 1. The molecule has 2 N–H and O–H groups in total. The Morgan fingerprint density at radius 3 is 2.34 bits per heavy atom. The molecule has 1 rings (SSSR count). The van der Waals surface area contributed by atoms with Gasteiger partial charge in [0.05, 0.1) is 17.2 Å². The maximum absolute atomic E-state index is 13.2. The van der Waals surface area contributed by atoms with Crippen LogP contribution in [0.25, 0.3) is 0 Å². The summed E-state index contributed by atoms with van der Waals surface area (Å²) in [5.74, 6) is 1.49. The topological polar surface area (TPSA) is 61.8 Å². The molecule has 0 aromatic carbocycles. The lowest BCUT2D eigenvalue weighted by Crippen LogP contribution is -2.54. The second-order valence-corrected chi connectivity index (χ2v) is 11.6. The van der Waals surface area contributed by atoms with Crippen LogP contribution in [0.15, 0.2) is 22.6 Å². The first kappa shape index (κ1) is 29.2. The minimum atomic E-state index is -0.652. The van der Waals surface area contributed by atoms with Crippen molar-refractivity contribution in [2.75, 3.05) is 33.4 Å². The summed E-state index contributed by atoms with van der Waals surface area (Å²) in [4.78, 5) is 16.4. The molecule has 2 atom stereocenters. The summed E-state index contributed by atoms with van der Waals surface area (Å²) in [7, 11) is 2.02. The summed E-state index contributed by atoms with van der Waals surface area (Å²) in [6.45, 7) is 21.4. The molecule has 1 fully saturated rings. The van der Waals surface area contributed by atoms with Crippen LogP contribution in [0.5, 0.6) is 0 Å². The molecule has 186 valence electrons. The fourth-order valence-electron chi connectivity index (χ4n) is 3.81. The van der Waals surface area contributed by atoms with Crippen LogP contribution >= 0.6 is 11.8 Å². The molecule has 1 aliphatic heterocycles. The molecule has 0 radical (unpaired) electrons. The molecular formula is C26H48N2O3S. The molecule has 2 unspecified atom stereocenters. The van der Waals surface area contributed by atoms with Gasteiger partial charge >= 0.3 is 0 Å². The number of amides is 1. The molecule has 0 bridgehead atoms. The van der Waals surface area contributed by atoms with E-state index >= 15 is 0 Å². The summed E-state index contributed by atoms with van der Waals surface area (Å²) in [5, 5.41) is 13.7. The van der Waals surface area contributed by atoms with Crippen LogP contribution in [0.4, 0.5) is 0 Å². The Morgan fingerprint density at radius 1 is 1.25 bits per heavy atom. The summed E-state index contributed by atoms with van der Waals surface area (Å²) in [6, 6.07) is 0. The molecule has 0 aromatic rings. The zero-order valence-corrected chi connectivity index (χ0v) is 22.6. The lowest BCUT2D eigenvalue weighted by atomic mass is 9.85. The predicted molar refractivity (Wildman–Crippen MR) is 137 cm³/mol. The van der Waals surface area contributed by atoms with Crippen LogP contribution in [-0.2, 0) is 9.53 Å². The molecule has 6 heteroatoms. The highest BCUT2D eigenvalue weighted by Crippen LogP contribution is 2.40. The van der Waals surface area contributed by atoms with E-state index in [0.29, 0.717) is 22.8 Å². The second-order valence-electron chi connectivity index (χ2n) is 10.5. The van der Waals surface area contributed by atoms with Crippen LogP contribution in [-0.4, -0.2) is 54.9 Å². The van der Waals surface area contributed by atoms with E-state index < -0.39 is 11.0 Å². The Kier molecular flexibility index (Phi) is 12.0. The Balaban J connectivity index is 2.88. The number of allylic oxidation sites excluding steroid dienone is 1. The lowest BCUT2D eigenvalue weighted by Gasteiger charge is -2.37. The molecule has 0 saturated carbocycles. The van der Waals surface area contributed by atoms with E-state index in [0.717, 1.165) is 50.3 Å². The van der Waals surface area contributed by atoms with Crippen LogP contribution in [0.1, 0.15) is 74.1 Å². The molecule has 1 amide bonds. The summed E-state index contributed by atoms with van der Waals surface area (Å²) >= 11 is 1.48. The van der Waals surface area contributed by atoms with E-state index in [2.05, 4.69) is 43.6 Å². The SMILES string of the molecule is C=C(NC(=O)C(C)(C)N(C)CC1CCOCC1)SC(=CC(CC)C(C)CC)C(C)(C)CO. The van der Waals surface area contributed by atoms with Gasteiger partial charge in [0, 0.05) is 25.2 Å². The number of ether oxygens (including phenoxy) is 1. The third kappa shape index (κ3) is 8.51. The van der Waals surface area contributed by atoms with Crippen LogP contribution in [0, 0.1) is 23.2 Å². The quantitative estimate of drug-likeness (QED) is 0.378. The van der Waals surface area contributed by atoms with Gasteiger partial charge in [-0.15, -0.1) is 0 Å². The fraction of sp³-hybridized carbons (Fsp3) is 0.808. The smallest absolute Gasteiger partial charge is 0.244 e. The van der Waals surface area contributed by atoms with Crippen molar-refractivity contribution < 1.29 is 14.6 Å². The lowest BCUT2D eigenvalue weighted by molar-refractivity contribution is -0.130. The number of hydrogen-bond acceptors (Lipinski definition) is 5. The summed E-state index contributed by atoms with van der Waals surface area (Å²) < 4.78 is 5.46. The Bertz CT molecular complexity index is 639. The second kappa shape index (κ2) is 13.2. The zero-order chi connectivity index (χ0) is 24.5. The molecule has 1 heterocycles. The maximum atomic E-state index is 13.2. The Labute approximate surface area is 201 Å². The molecule has 0 aromatic heterocycles. The number of thioether (sulfide) groups is 1. The van der Waals surface area contributed by atoms with Crippen molar-refractivity contribution in [1.82, 2.24) is 10.2 Å². The number of carbonyl (C=O) groups excluding carboxylic acids is 1. The average Bonchev–Trinajstić information content (AvgIpc) is 2.76. The number of aliphatic hydroxyl groups is 1. The largest absolute Gasteiger partial charge is 0.395 e. The maximum Gasteiger partial charge on any atom is 0.244 e. The highest BCUT2D eigenvalue weighted by Gasteiger charge is 2.34. The molecular weight excluding hydrogens is 420 g/mol. The number of likely N-dealkylation sites (N-methyl/N-ethyl adjacent to an activating group) is 1. The Hall–Kier alpha value is -0.820. The summed E-state index contributed by atoms with van der Waals surface area (Å²) in [6.07, 6.45) is 6.53. The number of hydrogen-bond donors (Lipinski definition) is 2. The van der Waals surface area contributed by atoms with Gasteiger partial charge in [0.25, 0.3) is 0 Å². The molecule has 5 nitrogen and oxygen atoms in total. The van der Waals surface area contributed by atoms with Crippen molar-refractivity contribution in [2.45, 2.75) is 79.7 Å². The van der Waals surface area contributed by atoms with Crippen LogP contribution < -0.4 is 5.32 Å². The zero-order valence-electron chi connectivity index (χ0n) is 21.8. The first-order valence-electron chi connectivity index (χ1n) is 12.2. The van der Waals surface area contributed by atoms with Crippen molar-refractivity contribution >= 4 is 17.7 Å². The summed E-state index contributed by atoms with van der Waals surface area (Å²) in [5.41, 5.74) is -1.05. The number of nitrogens with zero attached hydrogens (tertiary/aromatic N) is 1. The van der Waals surface area contributed by atoms with Crippen LogP contribution in [0.3, 0.4) is 0 Å². The highest BCUT2D eigenvalue weighted by atomic mass is 32.2. The molecule has 1 saturated heterocycles. The van der Waals surface area contributed by atoms with E-state index in [9.17, 15) is 9.90 Å². The third-order valence-corrected chi connectivity index (χ3v) is 8.40. The van der Waals surface area contributed by atoms with E-state index in [1.54, 1.807) is 0 Å². The fourth-order valence-corrected chi connectivity index (χ4v) is 4.81. The first-order chi connectivity index (χ1) is 14.9. The van der Waals surface area contributed by atoms with Crippen molar-refractivity contribution in [1.29, 1.82) is 0 Å². The van der Waals surface area contributed by atoms with Gasteiger partial charge in [-0.1, -0.05) is 65.5 Å². The van der Waals surface area contributed by atoms with Gasteiger partial charge in [0.1, 0.15) is 0 Å². The molecule has 0 aliphatic carbocycles. The van der Waals surface area contributed by atoms with E-state index in [-0.39, 0.29) is 12.5 Å². The van der Waals surface area contributed by atoms with Gasteiger partial charge in [-0.25, -0.2) is 0 Å². The predicted octanol–water partition coefficient (Wildman–Crippen LogP) is 5.42. The van der Waals surface area contributed by atoms with Gasteiger partial charge in [-0.2, -0.15) is 0 Å².